The molecular formula is C20H21F3N2. The lowest BCUT2D eigenvalue weighted by Crippen LogP contribution is -2.04. The summed E-state index contributed by atoms with van der Waals surface area (Å²) in [7, 11) is 0. The third-order valence-corrected chi connectivity index (χ3v) is 4.53. The third-order valence-electron chi connectivity index (χ3n) is 4.53. The molecular weight excluding hydrogens is 325 g/mol. The monoisotopic (exact) mass is 346 g/mol. The zero-order valence-corrected chi connectivity index (χ0v) is 14.1. The van der Waals surface area contributed by atoms with Gasteiger partial charge in [-0.15, -0.1) is 0 Å². The van der Waals surface area contributed by atoms with Gasteiger partial charge in [-0.2, -0.15) is 13.2 Å². The van der Waals surface area contributed by atoms with E-state index in [1.54, 1.807) is 0 Å². The fraction of sp³-hybridized carbons (Fsp3) is 0.300. The smallest absolute Gasteiger partial charge is 0.354 e. The summed E-state index contributed by atoms with van der Waals surface area (Å²) in [5.41, 5.74) is 9.65. The lowest BCUT2D eigenvalue weighted by molar-refractivity contribution is -0.137. The van der Waals surface area contributed by atoms with Crippen molar-refractivity contribution in [1.82, 2.24) is 4.98 Å². The van der Waals surface area contributed by atoms with E-state index in [1.807, 2.05) is 31.2 Å². The van der Waals surface area contributed by atoms with Crippen LogP contribution in [-0.4, -0.2) is 11.5 Å². The highest BCUT2D eigenvalue weighted by Crippen LogP contribution is 2.37. The number of hydrogen-bond acceptors (Lipinski definition) is 1. The average molecular weight is 346 g/mol. The van der Waals surface area contributed by atoms with Crippen molar-refractivity contribution in [2.75, 3.05) is 6.54 Å². The molecule has 0 spiro atoms. The van der Waals surface area contributed by atoms with Gasteiger partial charge in [0, 0.05) is 22.2 Å². The minimum absolute atomic E-state index is 0.579. The van der Waals surface area contributed by atoms with Crippen LogP contribution in [0.15, 0.2) is 42.5 Å². The van der Waals surface area contributed by atoms with E-state index in [9.17, 15) is 13.2 Å². The maximum absolute atomic E-state index is 13.1. The highest BCUT2D eigenvalue weighted by Gasteiger charge is 2.31. The molecule has 1 aromatic heterocycles. The Morgan fingerprint density at radius 3 is 2.48 bits per heavy atom. The molecule has 2 nitrogen and oxygen atoms in total. The molecule has 5 heteroatoms. The molecule has 3 N–H and O–H groups in total. The van der Waals surface area contributed by atoms with E-state index < -0.39 is 11.7 Å². The zero-order chi connectivity index (χ0) is 18.0. The number of rotatable bonds is 5. The molecule has 0 bridgehead atoms. The van der Waals surface area contributed by atoms with Crippen LogP contribution in [0, 0.1) is 6.92 Å². The second-order valence-electron chi connectivity index (χ2n) is 6.30. The number of aromatic amines is 1. The van der Waals surface area contributed by atoms with Crippen LogP contribution >= 0.6 is 0 Å². The number of halogens is 3. The van der Waals surface area contributed by atoms with Crippen molar-refractivity contribution in [3.8, 4) is 11.3 Å². The number of benzene rings is 2. The van der Waals surface area contributed by atoms with Crippen molar-refractivity contribution in [3.63, 3.8) is 0 Å². The van der Waals surface area contributed by atoms with Crippen molar-refractivity contribution < 1.29 is 13.2 Å². The molecule has 0 atom stereocenters. The molecule has 0 aliphatic heterocycles. The topological polar surface area (TPSA) is 41.8 Å². The summed E-state index contributed by atoms with van der Waals surface area (Å²) >= 11 is 0. The Hall–Kier alpha value is -2.27. The average Bonchev–Trinajstić information content (AvgIpc) is 2.92. The Labute approximate surface area is 144 Å². The van der Waals surface area contributed by atoms with Crippen LogP contribution in [0.4, 0.5) is 13.2 Å². The van der Waals surface area contributed by atoms with Gasteiger partial charge < -0.3 is 10.7 Å². The fourth-order valence-electron chi connectivity index (χ4n) is 3.21. The van der Waals surface area contributed by atoms with Crippen LogP contribution in [0.25, 0.3) is 22.2 Å². The SMILES string of the molecule is Cc1ccccc1-c1[nH]c2ccc(C(F)(F)F)cc2c1CCCCN. The standard InChI is InChI=1S/C20H21F3N2/c1-13-6-2-3-7-15(13)19-16(8-4-5-11-24)17-12-14(20(21,22)23)9-10-18(17)25-19/h2-3,6-7,9-10,12,25H,4-5,8,11,24H2,1H3. The Balaban J connectivity index is 2.18. The number of unbranched alkanes of at least 4 members (excludes halogenated alkanes) is 1. The van der Waals surface area contributed by atoms with Crippen LogP contribution < -0.4 is 5.73 Å². The number of nitrogens with one attached hydrogen (secondary N) is 1. The number of aryl methyl sites for hydroxylation is 2. The van der Waals surface area contributed by atoms with Crippen LogP contribution in [0.1, 0.15) is 29.5 Å². The molecule has 1 heterocycles. The van der Waals surface area contributed by atoms with Gasteiger partial charge in [-0.25, -0.2) is 0 Å². The predicted octanol–water partition coefficient (Wildman–Crippen LogP) is 5.44. The van der Waals surface area contributed by atoms with Gasteiger partial charge >= 0.3 is 6.18 Å². The lowest BCUT2D eigenvalue weighted by Gasteiger charge is -2.09. The molecule has 0 radical (unpaired) electrons. The van der Waals surface area contributed by atoms with E-state index in [4.69, 9.17) is 5.73 Å². The molecule has 3 aromatic rings. The summed E-state index contributed by atoms with van der Waals surface area (Å²) < 4.78 is 39.4. The molecule has 132 valence electrons. The number of nitrogens with two attached hydrogens (primary N) is 1. The van der Waals surface area contributed by atoms with Gasteiger partial charge in [-0.1, -0.05) is 24.3 Å². The van der Waals surface area contributed by atoms with Gasteiger partial charge in [-0.3, -0.25) is 0 Å². The van der Waals surface area contributed by atoms with E-state index in [0.717, 1.165) is 46.8 Å². The first-order chi connectivity index (χ1) is 11.9. The molecule has 0 aliphatic rings. The number of H-pyrrole nitrogens is 1. The van der Waals surface area contributed by atoms with Crippen LogP contribution in [0.5, 0.6) is 0 Å². The molecule has 0 fully saturated rings. The van der Waals surface area contributed by atoms with Crippen molar-refractivity contribution >= 4 is 10.9 Å². The summed E-state index contributed by atoms with van der Waals surface area (Å²) in [4.78, 5) is 3.33. The molecule has 0 aliphatic carbocycles. The van der Waals surface area contributed by atoms with Gasteiger partial charge in [0.25, 0.3) is 0 Å². The Kier molecular flexibility index (Phi) is 4.86. The normalized spacial score (nSPS) is 12.0. The summed E-state index contributed by atoms with van der Waals surface area (Å²) in [6, 6.07) is 11.8. The maximum atomic E-state index is 13.1. The van der Waals surface area contributed by atoms with Gasteiger partial charge in [0.15, 0.2) is 0 Å². The quantitative estimate of drug-likeness (QED) is 0.593. The van der Waals surface area contributed by atoms with E-state index in [0.29, 0.717) is 18.4 Å². The van der Waals surface area contributed by atoms with E-state index in [2.05, 4.69) is 4.98 Å². The molecule has 0 unspecified atom stereocenters. The minimum Gasteiger partial charge on any atom is -0.354 e. The lowest BCUT2D eigenvalue weighted by atomic mass is 9.97. The summed E-state index contributed by atoms with van der Waals surface area (Å²) in [6.45, 7) is 2.58. The summed E-state index contributed by atoms with van der Waals surface area (Å²) in [5, 5.41) is 0.644. The van der Waals surface area contributed by atoms with Crippen molar-refractivity contribution in [3.05, 3.63) is 59.2 Å². The summed E-state index contributed by atoms with van der Waals surface area (Å²) in [5.74, 6) is 0. The van der Waals surface area contributed by atoms with Crippen molar-refractivity contribution in [1.29, 1.82) is 0 Å². The Morgan fingerprint density at radius 2 is 1.80 bits per heavy atom. The first-order valence-electron chi connectivity index (χ1n) is 8.39. The van der Waals surface area contributed by atoms with Gasteiger partial charge in [0.2, 0.25) is 0 Å². The molecule has 2 aromatic carbocycles. The molecule has 0 saturated carbocycles. The molecule has 25 heavy (non-hydrogen) atoms. The van der Waals surface area contributed by atoms with E-state index in [1.165, 1.54) is 12.1 Å². The predicted molar refractivity (Wildman–Crippen MR) is 95.5 cm³/mol. The molecule has 3 rings (SSSR count). The largest absolute Gasteiger partial charge is 0.416 e. The first kappa shape index (κ1) is 17.5. The molecule has 0 saturated heterocycles. The second kappa shape index (κ2) is 6.92. The third kappa shape index (κ3) is 3.56. The number of hydrogen-bond donors (Lipinski definition) is 2. The van der Waals surface area contributed by atoms with Crippen LogP contribution in [-0.2, 0) is 12.6 Å². The first-order valence-corrected chi connectivity index (χ1v) is 8.39. The zero-order valence-electron chi connectivity index (χ0n) is 14.1. The van der Waals surface area contributed by atoms with Gasteiger partial charge in [0.1, 0.15) is 0 Å². The van der Waals surface area contributed by atoms with Crippen molar-refractivity contribution in [2.24, 2.45) is 5.73 Å². The maximum Gasteiger partial charge on any atom is 0.416 e. The summed E-state index contributed by atoms with van der Waals surface area (Å²) in [6.07, 6.45) is -1.96. The highest BCUT2D eigenvalue weighted by atomic mass is 19.4. The van der Waals surface area contributed by atoms with Crippen LogP contribution in [0.3, 0.4) is 0 Å². The van der Waals surface area contributed by atoms with Gasteiger partial charge in [-0.05, 0) is 62.1 Å². The molecule has 0 amide bonds. The highest BCUT2D eigenvalue weighted by molar-refractivity contribution is 5.91. The minimum atomic E-state index is -4.34. The fourth-order valence-corrected chi connectivity index (χ4v) is 3.21. The number of alkyl halides is 3. The van der Waals surface area contributed by atoms with Crippen LogP contribution in [0.2, 0.25) is 0 Å². The van der Waals surface area contributed by atoms with E-state index >= 15 is 0 Å². The number of fused-ring (bicyclic) bond motifs is 1. The van der Waals surface area contributed by atoms with Gasteiger partial charge in [0.05, 0.1) is 5.56 Å². The second-order valence-corrected chi connectivity index (χ2v) is 6.30. The van der Waals surface area contributed by atoms with E-state index in [-0.39, 0.29) is 0 Å². The Bertz CT molecular complexity index is 878. The number of aromatic nitrogens is 1. The Morgan fingerprint density at radius 1 is 1.04 bits per heavy atom. The van der Waals surface area contributed by atoms with Crippen molar-refractivity contribution in [2.45, 2.75) is 32.4 Å².